The smallest absolute Gasteiger partial charge is 0.274 e. The van der Waals surface area contributed by atoms with Crippen molar-refractivity contribution in [3.8, 4) is 0 Å². The van der Waals surface area contributed by atoms with Crippen LogP contribution in [0.15, 0.2) is 58.6 Å². The molecule has 9 heteroatoms. The zero-order valence-electron chi connectivity index (χ0n) is 16.6. The molecule has 0 bridgehead atoms. The highest BCUT2D eigenvalue weighted by atomic mass is 32.2. The SMILES string of the molecule is Cc1[nH]c2ccc(F)cc2c1CNC(=O)c1nc(Sc2ccccc2CO)cnc1N. The highest BCUT2D eigenvalue weighted by Gasteiger charge is 2.17. The summed E-state index contributed by atoms with van der Waals surface area (Å²) in [5.41, 5.74) is 9.07. The Kier molecular flexibility index (Phi) is 5.88. The number of aromatic nitrogens is 3. The van der Waals surface area contributed by atoms with E-state index in [9.17, 15) is 14.3 Å². The molecule has 7 nitrogen and oxygen atoms in total. The van der Waals surface area contributed by atoms with Crippen LogP contribution in [0.5, 0.6) is 0 Å². The van der Waals surface area contributed by atoms with Gasteiger partial charge in [0.25, 0.3) is 5.91 Å². The highest BCUT2D eigenvalue weighted by molar-refractivity contribution is 7.99. The van der Waals surface area contributed by atoms with Gasteiger partial charge in [-0.2, -0.15) is 0 Å². The van der Waals surface area contributed by atoms with Gasteiger partial charge in [-0.05, 0) is 42.3 Å². The van der Waals surface area contributed by atoms with Gasteiger partial charge >= 0.3 is 0 Å². The second-order valence-electron chi connectivity index (χ2n) is 6.91. The molecule has 0 aliphatic rings. The van der Waals surface area contributed by atoms with E-state index < -0.39 is 5.91 Å². The third-order valence-corrected chi connectivity index (χ3v) is 5.88. The fourth-order valence-corrected chi connectivity index (χ4v) is 4.16. The Morgan fingerprint density at radius 1 is 1.29 bits per heavy atom. The van der Waals surface area contributed by atoms with Crippen LogP contribution in [-0.4, -0.2) is 26.0 Å². The van der Waals surface area contributed by atoms with E-state index in [0.29, 0.717) is 10.4 Å². The molecule has 0 unspecified atom stereocenters. The van der Waals surface area contributed by atoms with Gasteiger partial charge in [-0.25, -0.2) is 14.4 Å². The van der Waals surface area contributed by atoms with Crippen molar-refractivity contribution in [1.29, 1.82) is 0 Å². The number of nitrogens with two attached hydrogens (primary N) is 1. The maximum Gasteiger partial charge on any atom is 0.274 e. The number of H-pyrrole nitrogens is 1. The quantitative estimate of drug-likeness (QED) is 0.366. The van der Waals surface area contributed by atoms with Crippen LogP contribution in [-0.2, 0) is 13.2 Å². The molecule has 5 N–H and O–H groups in total. The number of hydrogen-bond acceptors (Lipinski definition) is 6. The first-order valence-corrected chi connectivity index (χ1v) is 10.3. The van der Waals surface area contributed by atoms with Crippen molar-refractivity contribution in [3.05, 3.63) is 77.0 Å². The van der Waals surface area contributed by atoms with E-state index in [1.807, 2.05) is 31.2 Å². The number of amides is 1. The van der Waals surface area contributed by atoms with Crippen molar-refractivity contribution in [2.45, 2.75) is 30.0 Å². The molecule has 0 saturated carbocycles. The lowest BCUT2D eigenvalue weighted by atomic mass is 10.1. The molecule has 0 fully saturated rings. The van der Waals surface area contributed by atoms with Crippen molar-refractivity contribution >= 4 is 34.4 Å². The van der Waals surface area contributed by atoms with Crippen molar-refractivity contribution in [2.24, 2.45) is 0 Å². The number of nitrogens with one attached hydrogen (secondary N) is 2. The predicted octanol–water partition coefficient (Wildman–Crippen LogP) is 3.56. The minimum Gasteiger partial charge on any atom is -0.392 e. The number of aryl methyl sites for hydroxylation is 1. The number of nitrogens with zero attached hydrogens (tertiary/aromatic N) is 2. The lowest BCUT2D eigenvalue weighted by Crippen LogP contribution is -2.25. The van der Waals surface area contributed by atoms with E-state index in [0.717, 1.165) is 27.2 Å². The minimum absolute atomic E-state index is 0.00940. The minimum atomic E-state index is -0.479. The predicted molar refractivity (Wildman–Crippen MR) is 117 cm³/mol. The molecular formula is C22H20FN5O2S. The molecule has 0 aliphatic carbocycles. The molecule has 2 aromatic carbocycles. The Bertz CT molecular complexity index is 1270. The van der Waals surface area contributed by atoms with Crippen molar-refractivity contribution in [1.82, 2.24) is 20.3 Å². The second kappa shape index (κ2) is 8.75. The van der Waals surface area contributed by atoms with Crippen LogP contribution >= 0.6 is 11.8 Å². The fraction of sp³-hybridized carbons (Fsp3) is 0.136. The van der Waals surface area contributed by atoms with Gasteiger partial charge in [0, 0.05) is 28.0 Å². The number of aliphatic hydroxyl groups excluding tert-OH is 1. The van der Waals surface area contributed by atoms with Crippen LogP contribution in [0.4, 0.5) is 10.2 Å². The molecule has 0 atom stereocenters. The lowest BCUT2D eigenvalue weighted by molar-refractivity contribution is 0.0946. The summed E-state index contributed by atoms with van der Waals surface area (Å²) < 4.78 is 13.7. The van der Waals surface area contributed by atoms with E-state index in [1.54, 1.807) is 6.07 Å². The van der Waals surface area contributed by atoms with Gasteiger partial charge in [0.2, 0.25) is 0 Å². The molecule has 4 rings (SSSR count). The highest BCUT2D eigenvalue weighted by Crippen LogP contribution is 2.29. The number of aromatic amines is 1. The van der Waals surface area contributed by atoms with Gasteiger partial charge < -0.3 is 21.1 Å². The van der Waals surface area contributed by atoms with Gasteiger partial charge in [0.1, 0.15) is 10.8 Å². The summed E-state index contributed by atoms with van der Waals surface area (Å²) in [5.74, 6) is -0.811. The second-order valence-corrected chi connectivity index (χ2v) is 7.97. The van der Waals surface area contributed by atoms with E-state index in [4.69, 9.17) is 5.73 Å². The number of fused-ring (bicyclic) bond motifs is 1. The monoisotopic (exact) mass is 437 g/mol. The molecule has 0 aliphatic heterocycles. The number of anilines is 1. The van der Waals surface area contributed by atoms with Crippen molar-refractivity contribution in [2.75, 3.05) is 5.73 Å². The first kappa shape index (κ1) is 20.8. The summed E-state index contributed by atoms with van der Waals surface area (Å²) in [7, 11) is 0. The molecule has 0 spiro atoms. The van der Waals surface area contributed by atoms with Crippen LogP contribution in [0, 0.1) is 12.7 Å². The third kappa shape index (κ3) is 4.37. The van der Waals surface area contributed by atoms with Gasteiger partial charge in [-0.1, -0.05) is 30.0 Å². The number of carbonyl (C=O) groups excluding carboxylic acids is 1. The maximum absolute atomic E-state index is 13.7. The number of rotatable bonds is 6. The average molecular weight is 438 g/mol. The fourth-order valence-electron chi connectivity index (χ4n) is 3.28. The Morgan fingerprint density at radius 3 is 2.90 bits per heavy atom. The third-order valence-electron chi connectivity index (χ3n) is 4.86. The van der Waals surface area contributed by atoms with Gasteiger partial charge in [0.05, 0.1) is 12.8 Å². The van der Waals surface area contributed by atoms with Crippen LogP contribution in [0.25, 0.3) is 10.9 Å². The molecule has 0 saturated heterocycles. The maximum atomic E-state index is 13.7. The van der Waals surface area contributed by atoms with E-state index in [1.165, 1.54) is 30.1 Å². The number of aliphatic hydroxyl groups is 1. The van der Waals surface area contributed by atoms with E-state index in [2.05, 4.69) is 20.3 Å². The standard InChI is InChI=1S/C22H20FN5O2S/c1-12-16(15-8-14(23)6-7-17(15)27-12)9-26-22(30)20-21(24)25-10-19(28-20)31-18-5-3-2-4-13(18)11-29/h2-8,10,27,29H,9,11H2,1H3,(H2,24,25)(H,26,30). The lowest BCUT2D eigenvalue weighted by Gasteiger charge is -2.10. The zero-order valence-corrected chi connectivity index (χ0v) is 17.5. The van der Waals surface area contributed by atoms with E-state index in [-0.39, 0.29) is 30.5 Å². The van der Waals surface area contributed by atoms with Crippen molar-refractivity contribution < 1.29 is 14.3 Å². The summed E-state index contributed by atoms with van der Waals surface area (Å²) in [6, 6.07) is 11.8. The number of hydrogen-bond donors (Lipinski definition) is 4. The topological polar surface area (TPSA) is 117 Å². The largest absolute Gasteiger partial charge is 0.392 e. The molecular weight excluding hydrogens is 417 g/mol. The Hall–Kier alpha value is -3.43. The summed E-state index contributed by atoms with van der Waals surface area (Å²) >= 11 is 1.29. The summed E-state index contributed by atoms with van der Waals surface area (Å²) in [5, 5.41) is 13.5. The number of carbonyl (C=O) groups is 1. The Labute approximate surface area is 181 Å². The number of benzene rings is 2. The average Bonchev–Trinajstić information content (AvgIpc) is 3.08. The molecule has 31 heavy (non-hydrogen) atoms. The summed E-state index contributed by atoms with van der Waals surface area (Å²) in [6.45, 7) is 1.94. The molecule has 2 aromatic heterocycles. The normalized spacial score (nSPS) is 11.1. The summed E-state index contributed by atoms with van der Waals surface area (Å²) in [6.07, 6.45) is 1.48. The van der Waals surface area contributed by atoms with Gasteiger partial charge in [-0.3, -0.25) is 4.79 Å². The van der Waals surface area contributed by atoms with Crippen LogP contribution in [0.2, 0.25) is 0 Å². The number of halogens is 1. The first-order valence-electron chi connectivity index (χ1n) is 9.50. The Balaban J connectivity index is 1.55. The van der Waals surface area contributed by atoms with E-state index >= 15 is 0 Å². The molecule has 4 aromatic rings. The first-order chi connectivity index (χ1) is 15.0. The van der Waals surface area contributed by atoms with Crippen LogP contribution in [0.3, 0.4) is 0 Å². The van der Waals surface area contributed by atoms with Crippen LogP contribution < -0.4 is 11.1 Å². The molecule has 158 valence electrons. The van der Waals surface area contributed by atoms with Crippen molar-refractivity contribution in [3.63, 3.8) is 0 Å². The van der Waals surface area contributed by atoms with Gasteiger partial charge in [-0.15, -0.1) is 0 Å². The zero-order chi connectivity index (χ0) is 22.0. The number of nitrogen functional groups attached to an aromatic ring is 1. The molecule has 1 amide bonds. The molecule has 2 heterocycles. The summed E-state index contributed by atoms with van der Waals surface area (Å²) in [4.78, 5) is 25.2. The Morgan fingerprint density at radius 2 is 2.10 bits per heavy atom. The van der Waals surface area contributed by atoms with Gasteiger partial charge in [0.15, 0.2) is 11.5 Å². The molecule has 0 radical (unpaired) electrons. The van der Waals surface area contributed by atoms with Crippen LogP contribution in [0.1, 0.15) is 27.3 Å².